The number of non-ortho nitro benzene ring substituents is 1. The minimum absolute atomic E-state index is 0.0105. The Hall–Kier alpha value is -1.82. The lowest BCUT2D eigenvalue weighted by molar-refractivity contribution is -0.384. The average molecular weight is 360 g/mol. The number of benzene rings is 1. The van der Waals surface area contributed by atoms with E-state index in [-0.39, 0.29) is 16.9 Å². The van der Waals surface area contributed by atoms with Crippen LogP contribution in [0, 0.1) is 15.5 Å². The van der Waals surface area contributed by atoms with Crippen LogP contribution in [-0.4, -0.2) is 28.7 Å². The van der Waals surface area contributed by atoms with Crippen molar-refractivity contribution in [2.45, 2.75) is 50.8 Å². The zero-order valence-corrected chi connectivity index (χ0v) is 15.6. The average Bonchev–Trinajstić information content (AvgIpc) is 2.58. The van der Waals surface area contributed by atoms with Gasteiger partial charge in [0.05, 0.1) is 9.83 Å². The number of likely N-dealkylation sites (tertiary alicyclic amines) is 1. The number of nitrogens with zero attached hydrogens (tertiary/aromatic N) is 2. The first-order valence-corrected chi connectivity index (χ1v) is 9.61. The molecule has 0 aromatic heterocycles. The maximum atomic E-state index is 12.8. The SMILES string of the molecule is CC1(C)CC(=O)C(Sc2ccc([N+](=O)[O-])cc2)=C(N2CCCCC2)C1. The van der Waals surface area contributed by atoms with Gasteiger partial charge in [-0.3, -0.25) is 14.9 Å². The summed E-state index contributed by atoms with van der Waals surface area (Å²) in [5.74, 6) is 0.195. The van der Waals surface area contributed by atoms with Gasteiger partial charge in [-0.15, -0.1) is 0 Å². The Balaban J connectivity index is 1.91. The highest BCUT2D eigenvalue weighted by molar-refractivity contribution is 8.04. The highest BCUT2D eigenvalue weighted by Gasteiger charge is 2.35. The first-order chi connectivity index (χ1) is 11.9. The maximum absolute atomic E-state index is 12.8. The fourth-order valence-electron chi connectivity index (χ4n) is 3.56. The molecule has 2 aliphatic rings. The molecule has 1 aromatic rings. The summed E-state index contributed by atoms with van der Waals surface area (Å²) >= 11 is 1.46. The molecule has 1 saturated heterocycles. The van der Waals surface area contributed by atoms with Gasteiger partial charge in [0.15, 0.2) is 5.78 Å². The van der Waals surface area contributed by atoms with Gasteiger partial charge in [-0.25, -0.2) is 0 Å². The van der Waals surface area contributed by atoms with E-state index in [4.69, 9.17) is 0 Å². The van der Waals surface area contributed by atoms with Crippen LogP contribution in [0.25, 0.3) is 0 Å². The van der Waals surface area contributed by atoms with Crippen molar-refractivity contribution >= 4 is 23.2 Å². The highest BCUT2D eigenvalue weighted by atomic mass is 32.2. The second-order valence-corrected chi connectivity index (χ2v) is 8.70. The number of hydrogen-bond acceptors (Lipinski definition) is 5. The van der Waals surface area contributed by atoms with Crippen molar-refractivity contribution in [2.75, 3.05) is 13.1 Å². The van der Waals surface area contributed by atoms with Crippen LogP contribution < -0.4 is 0 Å². The van der Waals surface area contributed by atoms with Gasteiger partial charge in [0.25, 0.3) is 5.69 Å². The van der Waals surface area contributed by atoms with E-state index in [1.54, 1.807) is 12.1 Å². The monoisotopic (exact) mass is 360 g/mol. The molecule has 1 aliphatic carbocycles. The van der Waals surface area contributed by atoms with E-state index in [0.717, 1.165) is 29.3 Å². The van der Waals surface area contributed by atoms with Crippen LogP contribution in [0.1, 0.15) is 46.0 Å². The third-order valence-electron chi connectivity index (χ3n) is 4.81. The van der Waals surface area contributed by atoms with E-state index in [2.05, 4.69) is 18.7 Å². The zero-order chi connectivity index (χ0) is 18.0. The van der Waals surface area contributed by atoms with Crippen LogP contribution in [0.2, 0.25) is 0 Å². The first kappa shape index (κ1) is 18.0. The predicted molar refractivity (Wildman–Crippen MR) is 99.4 cm³/mol. The van der Waals surface area contributed by atoms with E-state index < -0.39 is 4.92 Å². The van der Waals surface area contributed by atoms with Crippen LogP contribution in [0.15, 0.2) is 39.8 Å². The molecule has 134 valence electrons. The third kappa shape index (κ3) is 4.24. The van der Waals surface area contributed by atoms with Crippen molar-refractivity contribution in [1.29, 1.82) is 0 Å². The summed E-state index contributed by atoms with van der Waals surface area (Å²) in [5.41, 5.74) is 1.23. The molecule has 0 amide bonds. The number of piperidine rings is 1. The van der Waals surface area contributed by atoms with Crippen LogP contribution in [0.5, 0.6) is 0 Å². The molecule has 3 rings (SSSR count). The maximum Gasteiger partial charge on any atom is 0.269 e. The van der Waals surface area contributed by atoms with Gasteiger partial charge in [-0.2, -0.15) is 0 Å². The molecule has 1 aromatic carbocycles. The predicted octanol–water partition coefficient (Wildman–Crippen LogP) is 4.77. The lowest BCUT2D eigenvalue weighted by Crippen LogP contribution is -2.36. The summed E-state index contributed by atoms with van der Waals surface area (Å²) in [5, 5.41) is 10.8. The second-order valence-electron chi connectivity index (χ2n) is 7.62. The molecular formula is C19H24N2O3S. The van der Waals surface area contributed by atoms with Gasteiger partial charge < -0.3 is 4.90 Å². The minimum atomic E-state index is -0.402. The van der Waals surface area contributed by atoms with Gasteiger partial charge in [-0.05, 0) is 43.2 Å². The summed E-state index contributed by atoms with van der Waals surface area (Å²) in [4.78, 5) is 27.3. The first-order valence-electron chi connectivity index (χ1n) is 8.79. The summed E-state index contributed by atoms with van der Waals surface area (Å²) in [6.07, 6.45) is 5.07. The fraction of sp³-hybridized carbons (Fsp3) is 0.526. The highest BCUT2D eigenvalue weighted by Crippen LogP contribution is 2.44. The topological polar surface area (TPSA) is 63.4 Å². The molecule has 5 nitrogen and oxygen atoms in total. The number of rotatable bonds is 4. The van der Waals surface area contributed by atoms with Crippen LogP contribution in [0.3, 0.4) is 0 Å². The van der Waals surface area contributed by atoms with Gasteiger partial charge in [0.1, 0.15) is 0 Å². The Bertz CT molecular complexity index is 704. The van der Waals surface area contributed by atoms with Crippen molar-refractivity contribution in [2.24, 2.45) is 5.41 Å². The summed E-state index contributed by atoms with van der Waals surface area (Å²) in [6.45, 7) is 6.34. The molecule has 6 heteroatoms. The largest absolute Gasteiger partial charge is 0.374 e. The quantitative estimate of drug-likeness (QED) is 0.571. The van der Waals surface area contributed by atoms with Crippen molar-refractivity contribution in [3.05, 3.63) is 45.0 Å². The number of allylic oxidation sites excluding steroid dienone is 2. The van der Waals surface area contributed by atoms with Crippen molar-refractivity contribution in [3.8, 4) is 0 Å². The Morgan fingerprint density at radius 1 is 1.08 bits per heavy atom. The lowest BCUT2D eigenvalue weighted by Gasteiger charge is -2.39. The van der Waals surface area contributed by atoms with E-state index in [9.17, 15) is 14.9 Å². The molecular weight excluding hydrogens is 336 g/mol. The molecule has 25 heavy (non-hydrogen) atoms. The van der Waals surface area contributed by atoms with Crippen LogP contribution in [0.4, 0.5) is 5.69 Å². The minimum Gasteiger partial charge on any atom is -0.374 e. The zero-order valence-electron chi connectivity index (χ0n) is 14.8. The van der Waals surface area contributed by atoms with Crippen molar-refractivity contribution < 1.29 is 9.72 Å². The Labute approximate surface area is 152 Å². The standard InChI is InChI=1S/C19H24N2O3S/c1-19(2)12-16(20-10-4-3-5-11-20)18(17(22)13-19)25-15-8-6-14(7-9-15)21(23)24/h6-9H,3-5,10-13H2,1-2H3. The van der Waals surface area contributed by atoms with E-state index in [1.807, 2.05) is 0 Å². The fourth-order valence-corrected chi connectivity index (χ4v) is 4.57. The van der Waals surface area contributed by atoms with Gasteiger partial charge >= 0.3 is 0 Å². The smallest absolute Gasteiger partial charge is 0.269 e. The molecule has 0 saturated carbocycles. The second kappa shape index (κ2) is 7.20. The normalized spacial score (nSPS) is 20.7. The Morgan fingerprint density at radius 3 is 2.32 bits per heavy atom. The van der Waals surface area contributed by atoms with E-state index >= 15 is 0 Å². The number of nitro benzene ring substituents is 1. The molecule has 0 N–H and O–H groups in total. The molecule has 1 aliphatic heterocycles. The van der Waals surface area contributed by atoms with Crippen molar-refractivity contribution in [3.63, 3.8) is 0 Å². The molecule has 1 heterocycles. The number of carbonyl (C=O) groups excluding carboxylic acids is 1. The van der Waals surface area contributed by atoms with Gasteiger partial charge in [0, 0.05) is 42.2 Å². The number of nitro groups is 1. The van der Waals surface area contributed by atoms with Crippen molar-refractivity contribution in [1.82, 2.24) is 4.90 Å². The molecule has 0 unspecified atom stereocenters. The molecule has 0 radical (unpaired) electrons. The van der Waals surface area contributed by atoms with Crippen LogP contribution in [-0.2, 0) is 4.79 Å². The summed E-state index contributed by atoms with van der Waals surface area (Å²) in [6, 6.07) is 6.47. The molecule has 0 bridgehead atoms. The third-order valence-corrected chi connectivity index (χ3v) is 5.98. The van der Waals surface area contributed by atoms with Gasteiger partial charge in [-0.1, -0.05) is 25.6 Å². The number of ketones is 1. The number of Topliss-reactive ketones (excluding diaryl/α,β-unsaturated/α-hetero) is 1. The number of thioether (sulfide) groups is 1. The molecule has 0 atom stereocenters. The molecule has 1 fully saturated rings. The molecule has 0 spiro atoms. The number of carbonyl (C=O) groups is 1. The van der Waals surface area contributed by atoms with Gasteiger partial charge in [0.2, 0.25) is 0 Å². The van der Waals surface area contributed by atoms with E-state index in [0.29, 0.717) is 6.42 Å². The Morgan fingerprint density at radius 2 is 1.72 bits per heavy atom. The summed E-state index contributed by atoms with van der Waals surface area (Å²) < 4.78 is 0. The Kier molecular flexibility index (Phi) is 5.18. The summed E-state index contributed by atoms with van der Waals surface area (Å²) in [7, 11) is 0. The van der Waals surface area contributed by atoms with Crippen LogP contribution >= 0.6 is 11.8 Å². The van der Waals surface area contributed by atoms with E-state index in [1.165, 1.54) is 48.9 Å². The lowest BCUT2D eigenvalue weighted by atomic mass is 9.78. The number of hydrogen-bond donors (Lipinski definition) is 0.